The number of amides is 3. The molecule has 1 fully saturated rings. The topological polar surface area (TPSA) is 213 Å². The standard InChI is InChI=1S/C19H21F3N6O5.HNO3/c1-18(2)8-27(16(30)26-18)15-25-7-11(33-17(31)32)13(23)28(15)12-9(14(29)24-3)5-4-6-10(12)19(20,21)22;2-1(3)4/h4-7,13H,8,23H2,1-3H3,(H,24,29)(H,26,30)(H,31,32);(H,2,3,4). The largest absolute Gasteiger partial charge is 0.511 e. The molecule has 3 rings (SSSR count). The minimum atomic E-state index is -4.94. The van der Waals surface area contributed by atoms with Gasteiger partial charge in [0.1, 0.15) is 6.17 Å². The second kappa shape index (κ2) is 10.6. The number of para-hydroxylation sites is 1. The third kappa shape index (κ3) is 6.54. The van der Waals surface area contributed by atoms with Gasteiger partial charge in [-0.05, 0) is 26.0 Å². The highest BCUT2D eigenvalue weighted by Crippen LogP contribution is 2.41. The fourth-order valence-electron chi connectivity index (χ4n) is 3.51. The van der Waals surface area contributed by atoms with Crippen LogP contribution in [0.3, 0.4) is 0 Å². The molecule has 1 saturated heterocycles. The summed E-state index contributed by atoms with van der Waals surface area (Å²) in [6, 6.07) is 2.24. The molecule has 0 spiro atoms. The summed E-state index contributed by atoms with van der Waals surface area (Å²) < 4.78 is 46.6. The first-order valence-corrected chi connectivity index (χ1v) is 10.1. The SMILES string of the molecule is CNC(=O)c1cccc(C(F)(F)F)c1N1C(N2CC(C)(C)NC2=O)=NC=C(OC(=O)O)C1N.O=[N+]([O-])O. The van der Waals surface area contributed by atoms with E-state index < -0.39 is 63.6 Å². The molecule has 0 radical (unpaired) electrons. The van der Waals surface area contributed by atoms with Gasteiger partial charge >= 0.3 is 18.4 Å². The molecular weight excluding hydrogens is 511 g/mol. The van der Waals surface area contributed by atoms with Crippen molar-refractivity contribution in [2.75, 3.05) is 18.5 Å². The molecule has 0 saturated carbocycles. The highest BCUT2D eigenvalue weighted by molar-refractivity contribution is 6.12. The number of aliphatic imine (C=N–C) groups is 1. The van der Waals surface area contributed by atoms with Gasteiger partial charge in [-0.25, -0.2) is 14.6 Å². The average molecular weight is 533 g/mol. The summed E-state index contributed by atoms with van der Waals surface area (Å²) in [5.74, 6) is -1.72. The summed E-state index contributed by atoms with van der Waals surface area (Å²) in [7, 11) is 1.23. The van der Waals surface area contributed by atoms with Crippen LogP contribution in [0.25, 0.3) is 0 Å². The van der Waals surface area contributed by atoms with Gasteiger partial charge in [-0.1, -0.05) is 6.07 Å². The van der Waals surface area contributed by atoms with E-state index in [-0.39, 0.29) is 12.5 Å². The lowest BCUT2D eigenvalue weighted by Gasteiger charge is -2.39. The number of halogens is 3. The molecule has 2 aliphatic heterocycles. The molecule has 202 valence electrons. The molecule has 0 bridgehead atoms. The number of hydrogen-bond acceptors (Lipinski definition) is 9. The van der Waals surface area contributed by atoms with Crippen LogP contribution >= 0.6 is 0 Å². The zero-order chi connectivity index (χ0) is 28.3. The van der Waals surface area contributed by atoms with E-state index in [9.17, 15) is 27.6 Å². The Balaban J connectivity index is 0.00000112. The Hall–Kier alpha value is -4.61. The van der Waals surface area contributed by atoms with Crippen LogP contribution in [-0.4, -0.2) is 69.7 Å². The van der Waals surface area contributed by atoms with E-state index in [1.807, 2.05) is 0 Å². The average Bonchev–Trinajstić information content (AvgIpc) is 3.04. The number of carbonyl (C=O) groups excluding carboxylic acids is 2. The zero-order valence-electron chi connectivity index (χ0n) is 19.4. The van der Waals surface area contributed by atoms with Crippen LogP contribution in [0.1, 0.15) is 29.8 Å². The number of nitrogens with zero attached hydrogens (tertiary/aromatic N) is 4. The Bertz CT molecular complexity index is 1160. The number of rotatable bonds is 3. The number of ether oxygens (including phenoxy) is 1. The van der Waals surface area contributed by atoms with Gasteiger partial charge in [0.25, 0.3) is 11.0 Å². The zero-order valence-corrected chi connectivity index (χ0v) is 19.4. The van der Waals surface area contributed by atoms with Gasteiger partial charge in [0, 0.05) is 7.05 Å². The summed E-state index contributed by atoms with van der Waals surface area (Å²) >= 11 is 0. The van der Waals surface area contributed by atoms with Crippen LogP contribution in [0, 0.1) is 10.1 Å². The number of alkyl halides is 3. The molecule has 37 heavy (non-hydrogen) atoms. The lowest BCUT2D eigenvalue weighted by molar-refractivity contribution is -0.742. The highest BCUT2D eigenvalue weighted by Gasteiger charge is 2.46. The van der Waals surface area contributed by atoms with Crippen molar-refractivity contribution in [3.05, 3.63) is 51.4 Å². The van der Waals surface area contributed by atoms with Crippen molar-refractivity contribution < 1.29 is 47.7 Å². The smallest absolute Gasteiger partial charge is 0.449 e. The number of anilines is 1. The maximum Gasteiger partial charge on any atom is 0.511 e. The van der Waals surface area contributed by atoms with Crippen molar-refractivity contribution in [3.63, 3.8) is 0 Å². The Morgan fingerprint density at radius 1 is 1.38 bits per heavy atom. The number of hydrogen-bond donors (Lipinski definition) is 5. The number of nitrogens with one attached hydrogen (secondary N) is 2. The molecule has 18 heteroatoms. The van der Waals surface area contributed by atoms with Crippen molar-refractivity contribution in [2.24, 2.45) is 10.7 Å². The van der Waals surface area contributed by atoms with Crippen molar-refractivity contribution in [1.82, 2.24) is 15.5 Å². The Labute approximate surface area is 206 Å². The lowest BCUT2D eigenvalue weighted by Crippen LogP contribution is -2.57. The Morgan fingerprint density at radius 3 is 2.43 bits per heavy atom. The number of urea groups is 1. The van der Waals surface area contributed by atoms with Crippen molar-refractivity contribution >= 4 is 29.7 Å². The van der Waals surface area contributed by atoms with E-state index in [4.69, 9.17) is 26.2 Å². The van der Waals surface area contributed by atoms with E-state index >= 15 is 0 Å². The van der Waals surface area contributed by atoms with Gasteiger partial charge in [-0.3, -0.25) is 14.6 Å². The molecule has 3 amide bonds. The Kier molecular flexibility index (Phi) is 8.17. The van der Waals surface area contributed by atoms with Crippen LogP contribution in [-0.2, 0) is 10.9 Å². The predicted molar refractivity (Wildman–Crippen MR) is 118 cm³/mol. The van der Waals surface area contributed by atoms with Crippen molar-refractivity contribution in [1.29, 1.82) is 0 Å². The maximum atomic E-state index is 14.0. The van der Waals surface area contributed by atoms with Crippen LogP contribution in [0.4, 0.5) is 28.4 Å². The van der Waals surface area contributed by atoms with Gasteiger partial charge < -0.3 is 31.4 Å². The minimum absolute atomic E-state index is 0.000337. The summed E-state index contributed by atoms with van der Waals surface area (Å²) in [5, 5.41) is 27.5. The summed E-state index contributed by atoms with van der Waals surface area (Å²) in [4.78, 5) is 50.4. The molecule has 6 N–H and O–H groups in total. The number of nitrogens with two attached hydrogens (primary N) is 1. The normalized spacial score (nSPS) is 18.6. The Morgan fingerprint density at radius 2 is 1.97 bits per heavy atom. The molecule has 15 nitrogen and oxygen atoms in total. The molecule has 1 aromatic rings. The highest BCUT2D eigenvalue weighted by atomic mass is 19.4. The molecule has 0 aliphatic carbocycles. The summed E-state index contributed by atoms with van der Waals surface area (Å²) in [5.41, 5.74) is 2.98. The van der Waals surface area contributed by atoms with Crippen LogP contribution in [0.2, 0.25) is 0 Å². The van der Waals surface area contributed by atoms with Crippen LogP contribution in [0.15, 0.2) is 35.2 Å². The van der Waals surface area contributed by atoms with E-state index in [0.717, 1.165) is 34.2 Å². The van der Waals surface area contributed by atoms with Gasteiger partial charge in [0.15, 0.2) is 5.76 Å². The van der Waals surface area contributed by atoms with Gasteiger partial charge in [-0.2, -0.15) is 13.2 Å². The number of carboxylic acid groups (broad SMARTS) is 1. The summed E-state index contributed by atoms with van der Waals surface area (Å²) in [6.45, 7) is 3.38. The van der Waals surface area contributed by atoms with Gasteiger partial charge in [0.05, 0.1) is 35.1 Å². The molecule has 2 heterocycles. The fraction of sp³-hybridized carbons (Fsp3) is 0.368. The van der Waals surface area contributed by atoms with E-state index in [1.54, 1.807) is 13.8 Å². The van der Waals surface area contributed by atoms with Crippen molar-refractivity contribution in [2.45, 2.75) is 31.7 Å². The van der Waals surface area contributed by atoms with E-state index in [1.165, 1.54) is 7.05 Å². The monoisotopic (exact) mass is 533 g/mol. The molecule has 0 aromatic heterocycles. The van der Waals surface area contributed by atoms with Crippen molar-refractivity contribution in [3.8, 4) is 0 Å². The van der Waals surface area contributed by atoms with Gasteiger partial charge in [-0.15, -0.1) is 10.1 Å². The minimum Gasteiger partial charge on any atom is -0.449 e. The maximum absolute atomic E-state index is 14.0. The molecule has 2 aliphatic rings. The first-order chi connectivity index (χ1) is 17.0. The predicted octanol–water partition coefficient (Wildman–Crippen LogP) is 1.52. The first kappa shape index (κ1) is 28.6. The molecule has 1 aromatic carbocycles. The number of guanidine groups is 1. The molecule has 1 unspecified atom stereocenters. The third-order valence-corrected chi connectivity index (χ3v) is 4.84. The number of benzene rings is 1. The molecular formula is C19H22F3N7O8. The fourth-order valence-corrected chi connectivity index (χ4v) is 3.51. The van der Waals surface area contributed by atoms with Crippen LogP contribution in [0.5, 0.6) is 0 Å². The summed E-state index contributed by atoms with van der Waals surface area (Å²) in [6.07, 6.45) is -7.48. The molecule has 1 atom stereocenters. The first-order valence-electron chi connectivity index (χ1n) is 10.1. The van der Waals surface area contributed by atoms with Crippen LogP contribution < -0.4 is 21.3 Å². The quantitative estimate of drug-likeness (QED) is 0.215. The number of carbonyl (C=O) groups is 3. The van der Waals surface area contributed by atoms with Gasteiger partial charge in [0.2, 0.25) is 5.96 Å². The lowest BCUT2D eigenvalue weighted by atomic mass is 10.0. The second-order valence-electron chi connectivity index (χ2n) is 8.06. The third-order valence-electron chi connectivity index (χ3n) is 4.84. The van der Waals surface area contributed by atoms with E-state index in [0.29, 0.717) is 0 Å². The second-order valence-corrected chi connectivity index (χ2v) is 8.06. The van der Waals surface area contributed by atoms with E-state index in [2.05, 4.69) is 20.4 Å².